The Morgan fingerprint density at radius 1 is 1.35 bits per heavy atom. The number of aromatic nitrogens is 3. The molecular formula is C11H16N4O4S. The molecule has 1 aromatic rings. The lowest BCUT2D eigenvalue weighted by Crippen LogP contribution is -2.56. The topological polar surface area (TPSA) is 105 Å². The minimum atomic E-state index is -2.90. The van der Waals surface area contributed by atoms with Crippen molar-refractivity contribution >= 4 is 15.8 Å². The summed E-state index contributed by atoms with van der Waals surface area (Å²) in [5.41, 5.74) is -0.0660. The lowest BCUT2D eigenvalue weighted by Gasteiger charge is -2.45. The van der Waals surface area contributed by atoms with E-state index in [2.05, 4.69) is 15.2 Å². The van der Waals surface area contributed by atoms with E-state index in [-0.39, 0.29) is 23.5 Å². The molecule has 1 aromatic heterocycles. The number of carboxylic acids is 1. The molecule has 2 saturated heterocycles. The molecule has 110 valence electrons. The first-order valence-corrected chi connectivity index (χ1v) is 8.36. The van der Waals surface area contributed by atoms with E-state index in [1.54, 1.807) is 4.68 Å². The Balaban J connectivity index is 1.59. The van der Waals surface area contributed by atoms with Gasteiger partial charge in [-0.3, -0.25) is 4.90 Å². The molecule has 2 aliphatic rings. The van der Waals surface area contributed by atoms with Gasteiger partial charge in [-0.05, 0) is 12.8 Å². The molecule has 0 amide bonds. The second-order valence-electron chi connectivity index (χ2n) is 5.41. The number of likely N-dealkylation sites (tertiary alicyclic amines) is 1. The lowest BCUT2D eigenvalue weighted by molar-refractivity contribution is 0.0549. The fraction of sp³-hybridized carbons (Fsp3) is 0.727. The number of carbonyl (C=O) groups is 1. The molecule has 0 saturated carbocycles. The fourth-order valence-electron chi connectivity index (χ4n) is 2.79. The van der Waals surface area contributed by atoms with Crippen molar-refractivity contribution in [2.45, 2.75) is 24.9 Å². The normalized spacial score (nSPS) is 27.1. The van der Waals surface area contributed by atoms with Crippen LogP contribution in [0.1, 0.15) is 29.4 Å². The summed E-state index contributed by atoms with van der Waals surface area (Å²) >= 11 is 0. The van der Waals surface area contributed by atoms with E-state index >= 15 is 0 Å². The smallest absolute Gasteiger partial charge is 0.358 e. The summed E-state index contributed by atoms with van der Waals surface area (Å²) in [6.45, 7) is 1.39. The number of hydrogen-bond acceptors (Lipinski definition) is 6. The Morgan fingerprint density at radius 2 is 2.10 bits per heavy atom. The third-order valence-corrected chi connectivity index (χ3v) is 5.75. The number of sulfone groups is 1. The summed E-state index contributed by atoms with van der Waals surface area (Å²) in [7, 11) is -2.90. The van der Waals surface area contributed by atoms with Crippen molar-refractivity contribution in [2.75, 3.05) is 24.6 Å². The summed E-state index contributed by atoms with van der Waals surface area (Å²) in [6, 6.07) is 0.174. The first-order valence-electron chi connectivity index (χ1n) is 6.54. The number of nitrogens with zero attached hydrogens (tertiary/aromatic N) is 4. The third-order valence-electron chi connectivity index (χ3n) is 3.95. The van der Waals surface area contributed by atoms with Crippen molar-refractivity contribution in [1.82, 2.24) is 19.9 Å². The zero-order chi connectivity index (χ0) is 14.3. The van der Waals surface area contributed by atoms with Gasteiger partial charge in [0.2, 0.25) is 0 Å². The highest BCUT2D eigenvalue weighted by atomic mass is 32.2. The van der Waals surface area contributed by atoms with E-state index in [4.69, 9.17) is 5.11 Å². The van der Waals surface area contributed by atoms with Crippen LogP contribution in [-0.2, 0) is 9.84 Å². The molecule has 2 fully saturated rings. The maximum absolute atomic E-state index is 11.6. The predicted octanol–water partition coefficient (Wildman–Crippen LogP) is -0.590. The second-order valence-corrected chi connectivity index (χ2v) is 7.64. The van der Waals surface area contributed by atoms with Gasteiger partial charge in [0, 0.05) is 19.1 Å². The summed E-state index contributed by atoms with van der Waals surface area (Å²) in [4.78, 5) is 12.9. The molecule has 0 spiro atoms. The molecule has 3 heterocycles. The van der Waals surface area contributed by atoms with Crippen LogP contribution in [0, 0.1) is 0 Å². The van der Waals surface area contributed by atoms with Gasteiger partial charge in [0.15, 0.2) is 15.5 Å². The highest BCUT2D eigenvalue weighted by Gasteiger charge is 2.37. The predicted molar refractivity (Wildman–Crippen MR) is 69.3 cm³/mol. The zero-order valence-electron chi connectivity index (χ0n) is 10.8. The summed E-state index contributed by atoms with van der Waals surface area (Å²) in [5.74, 6) is -0.561. The zero-order valence-corrected chi connectivity index (χ0v) is 11.7. The minimum absolute atomic E-state index is 0.0660. The van der Waals surface area contributed by atoms with Gasteiger partial charge in [-0.15, -0.1) is 5.10 Å². The molecule has 2 aliphatic heterocycles. The Hall–Kier alpha value is -1.48. The van der Waals surface area contributed by atoms with Crippen molar-refractivity contribution < 1.29 is 18.3 Å². The second kappa shape index (κ2) is 4.81. The van der Waals surface area contributed by atoms with Crippen molar-refractivity contribution in [2.24, 2.45) is 0 Å². The van der Waals surface area contributed by atoms with Crippen molar-refractivity contribution in [3.8, 4) is 0 Å². The molecule has 1 atom stereocenters. The SMILES string of the molecule is O=C(O)c1cn(C2CN(C3CCCS(=O)(=O)C3)C2)nn1. The Morgan fingerprint density at radius 3 is 2.70 bits per heavy atom. The number of carboxylic acid groups (broad SMARTS) is 1. The van der Waals surface area contributed by atoms with Crippen LogP contribution in [0.4, 0.5) is 0 Å². The Kier molecular flexibility index (Phi) is 3.25. The van der Waals surface area contributed by atoms with Crippen molar-refractivity contribution in [1.29, 1.82) is 0 Å². The van der Waals surface area contributed by atoms with Crippen molar-refractivity contribution in [3.63, 3.8) is 0 Å². The summed E-state index contributed by atoms with van der Waals surface area (Å²) < 4.78 is 24.8. The first kappa shape index (κ1) is 13.5. The molecule has 20 heavy (non-hydrogen) atoms. The summed E-state index contributed by atoms with van der Waals surface area (Å²) in [5, 5.41) is 16.2. The van der Waals surface area contributed by atoms with E-state index in [9.17, 15) is 13.2 Å². The quantitative estimate of drug-likeness (QED) is 0.795. The van der Waals surface area contributed by atoms with E-state index in [1.807, 2.05) is 0 Å². The van der Waals surface area contributed by atoms with Crippen LogP contribution >= 0.6 is 0 Å². The van der Waals surface area contributed by atoms with Crippen molar-refractivity contribution in [3.05, 3.63) is 11.9 Å². The highest BCUT2D eigenvalue weighted by Crippen LogP contribution is 2.27. The number of aromatic carboxylic acids is 1. The molecule has 1 N–H and O–H groups in total. The van der Waals surface area contributed by atoms with E-state index in [0.29, 0.717) is 18.8 Å². The van der Waals surface area contributed by atoms with E-state index in [1.165, 1.54) is 6.20 Å². The molecule has 1 unspecified atom stereocenters. The standard InChI is InChI=1S/C11H16N4O4S/c16-11(17)10-6-15(13-12-10)9-4-14(5-9)8-2-1-3-20(18,19)7-8/h6,8-9H,1-5,7H2,(H,16,17). The molecule has 0 radical (unpaired) electrons. The molecule has 0 bridgehead atoms. The van der Waals surface area contributed by atoms with Crippen LogP contribution in [-0.4, -0.2) is 70.0 Å². The van der Waals surface area contributed by atoms with Crippen LogP contribution in [0.5, 0.6) is 0 Å². The molecular weight excluding hydrogens is 284 g/mol. The van der Waals surface area contributed by atoms with Gasteiger partial charge in [0.05, 0.1) is 23.7 Å². The van der Waals surface area contributed by atoms with Crippen LogP contribution in [0.3, 0.4) is 0 Å². The molecule has 8 nitrogen and oxygen atoms in total. The lowest BCUT2D eigenvalue weighted by atomic mass is 10.0. The molecule has 0 aromatic carbocycles. The van der Waals surface area contributed by atoms with Gasteiger partial charge in [-0.25, -0.2) is 17.9 Å². The third kappa shape index (κ3) is 2.55. The van der Waals surface area contributed by atoms with Gasteiger partial charge in [0.25, 0.3) is 0 Å². The van der Waals surface area contributed by atoms with Gasteiger partial charge in [-0.2, -0.15) is 0 Å². The molecule has 9 heteroatoms. The first-order chi connectivity index (χ1) is 9.44. The van der Waals surface area contributed by atoms with E-state index < -0.39 is 15.8 Å². The Labute approximate surface area is 116 Å². The average molecular weight is 300 g/mol. The molecule has 0 aliphatic carbocycles. The number of rotatable bonds is 3. The van der Waals surface area contributed by atoms with Crippen LogP contribution in [0.15, 0.2) is 6.20 Å². The summed E-state index contributed by atoms with van der Waals surface area (Å²) in [6.07, 6.45) is 3.05. The largest absolute Gasteiger partial charge is 0.476 e. The minimum Gasteiger partial charge on any atom is -0.476 e. The average Bonchev–Trinajstić information content (AvgIpc) is 2.75. The van der Waals surface area contributed by atoms with Gasteiger partial charge in [0.1, 0.15) is 0 Å². The maximum atomic E-state index is 11.6. The molecule has 3 rings (SSSR count). The van der Waals surface area contributed by atoms with Crippen LogP contribution < -0.4 is 0 Å². The van der Waals surface area contributed by atoms with Gasteiger partial charge in [-0.1, -0.05) is 5.21 Å². The monoisotopic (exact) mass is 300 g/mol. The highest BCUT2D eigenvalue weighted by molar-refractivity contribution is 7.91. The number of hydrogen-bond donors (Lipinski definition) is 1. The van der Waals surface area contributed by atoms with E-state index in [0.717, 1.165) is 12.8 Å². The maximum Gasteiger partial charge on any atom is 0.358 e. The Bertz CT molecular complexity index is 620. The van der Waals surface area contributed by atoms with Crippen LogP contribution in [0.2, 0.25) is 0 Å². The fourth-order valence-corrected chi connectivity index (χ4v) is 4.53. The van der Waals surface area contributed by atoms with Gasteiger partial charge < -0.3 is 5.11 Å². The van der Waals surface area contributed by atoms with Crippen LogP contribution in [0.25, 0.3) is 0 Å². The van der Waals surface area contributed by atoms with Gasteiger partial charge >= 0.3 is 5.97 Å².